The van der Waals surface area contributed by atoms with Crippen molar-refractivity contribution in [2.45, 2.75) is 25.2 Å². The fourth-order valence-corrected chi connectivity index (χ4v) is 2.58. The summed E-state index contributed by atoms with van der Waals surface area (Å²) in [6.07, 6.45) is 4.47. The van der Waals surface area contributed by atoms with Gasteiger partial charge in [-0.1, -0.05) is 6.07 Å². The van der Waals surface area contributed by atoms with Gasteiger partial charge in [0.05, 0.1) is 0 Å². The van der Waals surface area contributed by atoms with Gasteiger partial charge in [-0.15, -0.1) is 0 Å². The highest BCUT2D eigenvalue weighted by Crippen LogP contribution is 2.42. The molecule has 0 saturated heterocycles. The molecule has 1 fully saturated rings. The minimum atomic E-state index is -0.326. The number of amides is 1. The molecule has 25 heavy (non-hydrogen) atoms. The Hall–Kier alpha value is -2.83. The molecule has 1 aromatic carbocycles. The van der Waals surface area contributed by atoms with Crippen molar-refractivity contribution in [3.05, 3.63) is 36.0 Å². The summed E-state index contributed by atoms with van der Waals surface area (Å²) in [5, 5.41) is 6.47. The molecule has 1 amide bonds. The molecule has 0 unspecified atom stereocenters. The van der Waals surface area contributed by atoms with Crippen LogP contribution in [0, 0.1) is 0 Å². The highest BCUT2D eigenvalue weighted by Gasteiger charge is 2.27. The molecule has 1 aliphatic rings. The first-order valence-electron chi connectivity index (χ1n) is 8.46. The second-order valence-electron chi connectivity index (χ2n) is 6.48. The van der Waals surface area contributed by atoms with Crippen molar-refractivity contribution in [2.24, 2.45) is 5.73 Å². The van der Waals surface area contributed by atoms with Gasteiger partial charge in [-0.2, -0.15) is 4.98 Å². The Morgan fingerprint density at radius 3 is 2.84 bits per heavy atom. The second kappa shape index (κ2) is 7.38. The Bertz CT molecular complexity index is 757. The SMILES string of the molecule is CN(C)c1cccc(Nc2ncc(C3CC3)c(NCCC(N)=O)n2)c1. The summed E-state index contributed by atoms with van der Waals surface area (Å²) in [7, 11) is 4.00. The van der Waals surface area contributed by atoms with Crippen LogP contribution in [0.3, 0.4) is 0 Å². The minimum absolute atomic E-state index is 0.280. The Morgan fingerprint density at radius 1 is 1.36 bits per heavy atom. The van der Waals surface area contributed by atoms with E-state index < -0.39 is 0 Å². The fourth-order valence-electron chi connectivity index (χ4n) is 2.58. The topological polar surface area (TPSA) is 96.2 Å². The van der Waals surface area contributed by atoms with E-state index in [1.807, 2.05) is 49.5 Å². The van der Waals surface area contributed by atoms with E-state index in [1.54, 1.807) is 0 Å². The summed E-state index contributed by atoms with van der Waals surface area (Å²) in [4.78, 5) is 22.0. The molecule has 0 aliphatic heterocycles. The van der Waals surface area contributed by atoms with E-state index in [2.05, 4.69) is 20.6 Å². The maximum absolute atomic E-state index is 10.9. The van der Waals surface area contributed by atoms with Crippen LogP contribution in [0.15, 0.2) is 30.5 Å². The number of carbonyl (C=O) groups excluding carboxylic acids is 1. The monoisotopic (exact) mass is 340 g/mol. The lowest BCUT2D eigenvalue weighted by Gasteiger charge is -2.15. The van der Waals surface area contributed by atoms with Gasteiger partial charge >= 0.3 is 0 Å². The smallest absolute Gasteiger partial charge is 0.229 e. The molecule has 7 nitrogen and oxygen atoms in total. The molecule has 1 heterocycles. The Labute approximate surface area is 147 Å². The Kier molecular flexibility index (Phi) is 5.02. The van der Waals surface area contributed by atoms with E-state index in [-0.39, 0.29) is 12.3 Å². The molecule has 0 radical (unpaired) electrons. The van der Waals surface area contributed by atoms with Gasteiger partial charge in [0.1, 0.15) is 5.82 Å². The quantitative estimate of drug-likeness (QED) is 0.683. The fraction of sp³-hybridized carbons (Fsp3) is 0.389. The van der Waals surface area contributed by atoms with Gasteiger partial charge < -0.3 is 21.3 Å². The number of hydrogen-bond donors (Lipinski definition) is 3. The number of nitrogens with one attached hydrogen (secondary N) is 2. The van der Waals surface area contributed by atoms with E-state index in [9.17, 15) is 4.79 Å². The number of primary amides is 1. The van der Waals surface area contributed by atoms with Gasteiger partial charge in [0.25, 0.3) is 0 Å². The first-order chi connectivity index (χ1) is 12.0. The van der Waals surface area contributed by atoms with Crippen molar-refractivity contribution >= 4 is 29.0 Å². The third-order valence-corrected chi connectivity index (χ3v) is 4.12. The number of rotatable bonds is 8. The molecule has 1 aromatic heterocycles. The highest BCUT2D eigenvalue weighted by atomic mass is 16.1. The van der Waals surface area contributed by atoms with E-state index in [4.69, 9.17) is 5.73 Å². The number of carbonyl (C=O) groups is 1. The predicted octanol–water partition coefficient (Wildman–Crippen LogP) is 2.45. The van der Waals surface area contributed by atoms with Crippen LogP contribution in [0.2, 0.25) is 0 Å². The summed E-state index contributed by atoms with van der Waals surface area (Å²) >= 11 is 0. The molecular weight excluding hydrogens is 316 g/mol. The van der Waals surface area contributed by atoms with E-state index in [0.717, 1.165) is 35.6 Å². The summed E-state index contributed by atoms with van der Waals surface area (Å²) in [6.45, 7) is 0.474. The van der Waals surface area contributed by atoms with Crippen molar-refractivity contribution in [1.29, 1.82) is 0 Å². The molecule has 4 N–H and O–H groups in total. The van der Waals surface area contributed by atoms with E-state index in [0.29, 0.717) is 18.4 Å². The zero-order valence-electron chi connectivity index (χ0n) is 14.6. The maximum Gasteiger partial charge on any atom is 0.229 e. The van der Waals surface area contributed by atoms with Crippen LogP contribution in [-0.4, -0.2) is 36.5 Å². The van der Waals surface area contributed by atoms with Gasteiger partial charge in [-0.25, -0.2) is 4.98 Å². The van der Waals surface area contributed by atoms with Crippen molar-refractivity contribution in [3.8, 4) is 0 Å². The highest BCUT2D eigenvalue weighted by molar-refractivity contribution is 5.74. The summed E-state index contributed by atoms with van der Waals surface area (Å²) in [6, 6.07) is 8.05. The van der Waals surface area contributed by atoms with Crippen LogP contribution < -0.4 is 21.3 Å². The average molecular weight is 340 g/mol. The number of nitrogens with two attached hydrogens (primary N) is 1. The van der Waals surface area contributed by atoms with Crippen LogP contribution >= 0.6 is 0 Å². The zero-order chi connectivity index (χ0) is 17.8. The molecule has 132 valence electrons. The van der Waals surface area contributed by atoms with Crippen molar-refractivity contribution in [3.63, 3.8) is 0 Å². The number of nitrogens with zero attached hydrogens (tertiary/aromatic N) is 3. The molecule has 7 heteroatoms. The lowest BCUT2D eigenvalue weighted by Crippen LogP contribution is -2.17. The van der Waals surface area contributed by atoms with Crippen LogP contribution in [0.25, 0.3) is 0 Å². The number of aromatic nitrogens is 2. The van der Waals surface area contributed by atoms with Gasteiger partial charge in [0.2, 0.25) is 11.9 Å². The van der Waals surface area contributed by atoms with Crippen LogP contribution in [0.4, 0.5) is 23.1 Å². The van der Waals surface area contributed by atoms with Crippen LogP contribution in [-0.2, 0) is 4.79 Å². The van der Waals surface area contributed by atoms with Crippen LogP contribution in [0.1, 0.15) is 30.7 Å². The van der Waals surface area contributed by atoms with Gasteiger partial charge in [0, 0.05) is 50.2 Å². The molecular formula is C18H24N6O. The first-order valence-corrected chi connectivity index (χ1v) is 8.46. The second-order valence-corrected chi connectivity index (χ2v) is 6.48. The van der Waals surface area contributed by atoms with Gasteiger partial charge in [-0.05, 0) is 37.0 Å². The first kappa shape index (κ1) is 17.0. The number of hydrogen-bond acceptors (Lipinski definition) is 6. The maximum atomic E-state index is 10.9. The average Bonchev–Trinajstić information content (AvgIpc) is 3.40. The standard InChI is InChI=1S/C18H24N6O/c1-24(2)14-5-3-4-13(10-14)22-18-21-11-15(12-6-7-12)17(23-18)20-9-8-16(19)25/h3-5,10-12H,6-9H2,1-2H3,(H2,19,25)(H2,20,21,22,23). The van der Waals surface area contributed by atoms with Gasteiger partial charge in [-0.3, -0.25) is 4.79 Å². The summed E-state index contributed by atoms with van der Waals surface area (Å²) in [5.41, 5.74) is 8.34. The molecule has 0 atom stereocenters. The number of anilines is 4. The lowest BCUT2D eigenvalue weighted by molar-refractivity contribution is -0.117. The largest absolute Gasteiger partial charge is 0.378 e. The lowest BCUT2D eigenvalue weighted by atomic mass is 10.2. The van der Waals surface area contributed by atoms with Crippen molar-refractivity contribution < 1.29 is 4.79 Å². The Balaban J connectivity index is 1.77. The molecule has 0 bridgehead atoms. The number of benzene rings is 1. The Morgan fingerprint density at radius 2 is 2.16 bits per heavy atom. The summed E-state index contributed by atoms with van der Waals surface area (Å²) < 4.78 is 0. The predicted molar refractivity (Wildman–Crippen MR) is 100 cm³/mol. The normalized spacial score (nSPS) is 13.4. The van der Waals surface area contributed by atoms with E-state index in [1.165, 1.54) is 0 Å². The molecule has 3 rings (SSSR count). The molecule has 1 saturated carbocycles. The van der Waals surface area contributed by atoms with Crippen molar-refractivity contribution in [1.82, 2.24) is 9.97 Å². The minimum Gasteiger partial charge on any atom is -0.378 e. The third kappa shape index (κ3) is 4.59. The van der Waals surface area contributed by atoms with E-state index >= 15 is 0 Å². The third-order valence-electron chi connectivity index (χ3n) is 4.12. The van der Waals surface area contributed by atoms with Crippen molar-refractivity contribution in [2.75, 3.05) is 36.2 Å². The zero-order valence-corrected chi connectivity index (χ0v) is 14.6. The summed E-state index contributed by atoms with van der Waals surface area (Å²) in [5.74, 6) is 1.50. The van der Waals surface area contributed by atoms with Gasteiger partial charge in [0.15, 0.2) is 0 Å². The molecule has 1 aliphatic carbocycles. The molecule has 2 aromatic rings. The molecule has 0 spiro atoms. The van der Waals surface area contributed by atoms with Crippen LogP contribution in [0.5, 0.6) is 0 Å².